The van der Waals surface area contributed by atoms with Gasteiger partial charge in [-0.1, -0.05) is 12.1 Å². The molecule has 1 fully saturated rings. The molecule has 1 aliphatic rings. The lowest BCUT2D eigenvalue weighted by atomic mass is 10.1. The number of hydrogen-bond donors (Lipinski definition) is 2. The van der Waals surface area contributed by atoms with E-state index in [-0.39, 0.29) is 5.84 Å². The first-order valence-electron chi connectivity index (χ1n) is 6.38. The van der Waals surface area contributed by atoms with Crippen LogP contribution in [0.25, 0.3) is 0 Å². The lowest BCUT2D eigenvalue weighted by Crippen LogP contribution is -2.34. The molecule has 1 aliphatic heterocycles. The number of hydrogen-bond acceptors (Lipinski definition) is 5. The first-order valence-corrected chi connectivity index (χ1v) is 6.38. The van der Waals surface area contributed by atoms with E-state index in [4.69, 9.17) is 10.9 Å². The highest BCUT2D eigenvalue weighted by Gasteiger charge is 2.31. The fourth-order valence-electron chi connectivity index (χ4n) is 2.62. The maximum Gasteiger partial charge on any atom is 0.170 e. The third-order valence-electron chi connectivity index (χ3n) is 3.71. The van der Waals surface area contributed by atoms with E-state index >= 15 is 0 Å². The molecule has 0 radical (unpaired) electrons. The van der Waals surface area contributed by atoms with Crippen LogP contribution in [0.3, 0.4) is 0 Å². The van der Waals surface area contributed by atoms with Crippen LogP contribution in [-0.2, 0) is 0 Å². The molecule has 3 N–H and O–H groups in total. The summed E-state index contributed by atoms with van der Waals surface area (Å²) in [5, 5.41) is 11.7. The van der Waals surface area contributed by atoms with Crippen molar-refractivity contribution in [3.63, 3.8) is 0 Å². The normalized spacial score (nSPS) is 24.2. The molecule has 6 heteroatoms. The summed E-state index contributed by atoms with van der Waals surface area (Å²) in [6.45, 7) is 4.16. The molecule has 0 aliphatic carbocycles. The number of nitrogens with two attached hydrogens (primary N) is 1. The average molecular weight is 263 g/mol. The Hall–Kier alpha value is -1.82. The van der Waals surface area contributed by atoms with Crippen molar-refractivity contribution in [2.24, 2.45) is 16.8 Å². The Balaban J connectivity index is 2.20. The van der Waals surface area contributed by atoms with Gasteiger partial charge in [-0.2, -0.15) is 0 Å². The maximum atomic E-state index is 8.72. The molecule has 0 bridgehead atoms. The molecule has 0 aromatic carbocycles. The van der Waals surface area contributed by atoms with Gasteiger partial charge in [0.15, 0.2) is 5.84 Å². The van der Waals surface area contributed by atoms with Gasteiger partial charge in [-0.05, 0) is 32.1 Å². The van der Waals surface area contributed by atoms with Gasteiger partial charge in [-0.3, -0.25) is 0 Å². The zero-order valence-electron chi connectivity index (χ0n) is 11.6. The van der Waals surface area contributed by atoms with Crippen LogP contribution in [0, 0.1) is 5.92 Å². The first-order chi connectivity index (χ1) is 9.02. The summed E-state index contributed by atoms with van der Waals surface area (Å²) in [6.07, 6.45) is 1.69. The Bertz CT molecular complexity index is 474. The number of nitrogens with zero attached hydrogens (tertiary/aromatic N) is 4. The molecule has 1 aromatic heterocycles. The van der Waals surface area contributed by atoms with Crippen molar-refractivity contribution in [3.8, 4) is 0 Å². The van der Waals surface area contributed by atoms with Gasteiger partial charge in [0.05, 0.1) is 0 Å². The van der Waals surface area contributed by atoms with Crippen LogP contribution in [-0.4, -0.2) is 54.2 Å². The lowest BCUT2D eigenvalue weighted by Gasteiger charge is -2.22. The number of oxime groups is 1. The Kier molecular flexibility index (Phi) is 3.90. The molecule has 2 heterocycles. The van der Waals surface area contributed by atoms with Crippen molar-refractivity contribution in [1.29, 1.82) is 0 Å². The SMILES string of the molecule is CC1CN(c2cc(/C(N)=N/O)ccn2)CC1N(C)C. The number of likely N-dealkylation sites (N-methyl/N-ethyl adjacent to an activating group) is 1. The molecule has 6 nitrogen and oxygen atoms in total. The van der Waals surface area contributed by atoms with Gasteiger partial charge in [0.1, 0.15) is 5.82 Å². The van der Waals surface area contributed by atoms with Crippen LogP contribution in [0.1, 0.15) is 12.5 Å². The van der Waals surface area contributed by atoms with Gasteiger partial charge in [0, 0.05) is 30.9 Å². The van der Waals surface area contributed by atoms with Crippen LogP contribution >= 0.6 is 0 Å². The van der Waals surface area contributed by atoms with E-state index in [1.807, 2.05) is 6.07 Å². The minimum atomic E-state index is 0.111. The van der Waals surface area contributed by atoms with Crippen LogP contribution in [0.4, 0.5) is 5.82 Å². The van der Waals surface area contributed by atoms with E-state index in [1.54, 1.807) is 12.3 Å². The van der Waals surface area contributed by atoms with Gasteiger partial charge >= 0.3 is 0 Å². The summed E-state index contributed by atoms with van der Waals surface area (Å²) >= 11 is 0. The second kappa shape index (κ2) is 5.44. The topological polar surface area (TPSA) is 78.0 Å². The van der Waals surface area contributed by atoms with Crippen molar-refractivity contribution in [2.75, 3.05) is 32.1 Å². The molecule has 0 saturated carbocycles. The van der Waals surface area contributed by atoms with Crippen LogP contribution in [0.15, 0.2) is 23.5 Å². The molecule has 1 aromatic rings. The van der Waals surface area contributed by atoms with Crippen LogP contribution in [0.5, 0.6) is 0 Å². The van der Waals surface area contributed by atoms with Gasteiger partial charge in [0.2, 0.25) is 0 Å². The summed E-state index contributed by atoms with van der Waals surface area (Å²) in [4.78, 5) is 8.87. The third kappa shape index (κ3) is 2.78. The summed E-state index contributed by atoms with van der Waals surface area (Å²) < 4.78 is 0. The van der Waals surface area contributed by atoms with Crippen LogP contribution in [0.2, 0.25) is 0 Å². The van der Waals surface area contributed by atoms with Crippen LogP contribution < -0.4 is 10.6 Å². The fourth-order valence-corrected chi connectivity index (χ4v) is 2.62. The van der Waals surface area contributed by atoms with E-state index in [2.05, 4.69) is 41.0 Å². The van der Waals surface area contributed by atoms with Gasteiger partial charge < -0.3 is 20.7 Å². The maximum absolute atomic E-state index is 8.72. The Morgan fingerprint density at radius 2 is 2.26 bits per heavy atom. The van der Waals surface area contributed by atoms with Crippen molar-refractivity contribution < 1.29 is 5.21 Å². The van der Waals surface area contributed by atoms with Gasteiger partial charge in [0.25, 0.3) is 0 Å². The minimum Gasteiger partial charge on any atom is -0.409 e. The molecule has 2 atom stereocenters. The van der Waals surface area contributed by atoms with Crippen molar-refractivity contribution >= 4 is 11.7 Å². The number of amidine groups is 1. The summed E-state index contributed by atoms with van der Waals surface area (Å²) in [6, 6.07) is 4.12. The number of anilines is 1. The highest BCUT2D eigenvalue weighted by molar-refractivity contribution is 5.97. The highest BCUT2D eigenvalue weighted by Crippen LogP contribution is 2.25. The van der Waals surface area contributed by atoms with E-state index < -0.39 is 0 Å². The largest absolute Gasteiger partial charge is 0.409 e. The molecule has 1 saturated heterocycles. The monoisotopic (exact) mass is 263 g/mol. The molecule has 2 unspecified atom stereocenters. The molecule has 19 heavy (non-hydrogen) atoms. The summed E-state index contributed by atoms with van der Waals surface area (Å²) in [5.74, 6) is 1.57. The molecular formula is C13H21N5O. The summed E-state index contributed by atoms with van der Waals surface area (Å²) in [7, 11) is 4.20. The minimum absolute atomic E-state index is 0.111. The molecule has 104 valence electrons. The van der Waals surface area contributed by atoms with E-state index in [1.165, 1.54) is 0 Å². The van der Waals surface area contributed by atoms with Crippen molar-refractivity contribution in [3.05, 3.63) is 23.9 Å². The fraction of sp³-hybridized carbons (Fsp3) is 0.538. The third-order valence-corrected chi connectivity index (χ3v) is 3.71. The highest BCUT2D eigenvalue weighted by atomic mass is 16.4. The lowest BCUT2D eigenvalue weighted by molar-refractivity contribution is 0.266. The zero-order chi connectivity index (χ0) is 14.0. The van der Waals surface area contributed by atoms with Gasteiger partial charge in [-0.15, -0.1) is 0 Å². The van der Waals surface area contributed by atoms with Crippen molar-refractivity contribution in [2.45, 2.75) is 13.0 Å². The molecule has 0 spiro atoms. The quantitative estimate of drug-likeness (QED) is 0.361. The Morgan fingerprint density at radius 1 is 1.53 bits per heavy atom. The second-order valence-corrected chi connectivity index (χ2v) is 5.30. The first kappa shape index (κ1) is 13.6. The number of aromatic nitrogens is 1. The van der Waals surface area contributed by atoms with Crippen molar-refractivity contribution in [1.82, 2.24) is 9.88 Å². The van der Waals surface area contributed by atoms with Gasteiger partial charge in [-0.25, -0.2) is 4.98 Å². The Morgan fingerprint density at radius 3 is 2.84 bits per heavy atom. The second-order valence-electron chi connectivity index (χ2n) is 5.30. The summed E-state index contributed by atoms with van der Waals surface area (Å²) in [5.41, 5.74) is 6.30. The predicted molar refractivity (Wildman–Crippen MR) is 75.6 cm³/mol. The number of pyridine rings is 1. The smallest absolute Gasteiger partial charge is 0.170 e. The van der Waals surface area contributed by atoms with E-state index in [0.29, 0.717) is 17.5 Å². The standard InChI is InChI=1S/C13H21N5O/c1-9-7-18(8-11(9)17(2)3)12-6-10(4-5-15-12)13(14)16-19/h4-6,9,11,19H,7-8H2,1-3H3,(H2,14,16). The van der Waals surface area contributed by atoms with E-state index in [9.17, 15) is 0 Å². The zero-order valence-corrected chi connectivity index (χ0v) is 11.6. The molecule has 0 amide bonds. The average Bonchev–Trinajstić information content (AvgIpc) is 2.80. The molecule has 2 rings (SSSR count). The Labute approximate surface area is 113 Å². The molecular weight excluding hydrogens is 242 g/mol. The number of rotatable bonds is 3. The predicted octanol–water partition coefficient (Wildman–Crippen LogP) is 0.562. The van der Waals surface area contributed by atoms with E-state index in [0.717, 1.165) is 18.9 Å².